The van der Waals surface area contributed by atoms with Crippen LogP contribution in [0.15, 0.2) is 35.4 Å². The number of carbonyl (C=O) groups is 1. The van der Waals surface area contributed by atoms with Gasteiger partial charge in [0.25, 0.3) is 0 Å². The molecule has 1 atom stereocenters. The topological polar surface area (TPSA) is 81.3 Å². The van der Waals surface area contributed by atoms with Crippen LogP contribution in [0, 0.1) is 11.6 Å². The standard InChI is InChI=1S/C15H12ClF2N5O2/c1-8(9-2-3-10(17)11(18)4-9)20-14(24)7-23-15(25)22-6-12(16)19-5-13(22)21-23/h2-6,8H,7H2,1H3,(H,20,24)/t8-/m0/s1. The lowest BCUT2D eigenvalue weighted by atomic mass is 10.1. The summed E-state index contributed by atoms with van der Waals surface area (Å²) in [4.78, 5) is 28.1. The van der Waals surface area contributed by atoms with Crippen molar-refractivity contribution in [3.05, 3.63) is 63.4 Å². The molecule has 0 aliphatic heterocycles. The zero-order chi connectivity index (χ0) is 18.1. The van der Waals surface area contributed by atoms with E-state index in [9.17, 15) is 18.4 Å². The second kappa shape index (κ2) is 6.60. The molecule has 2 aromatic heterocycles. The number of aromatic nitrogens is 4. The van der Waals surface area contributed by atoms with Crippen molar-refractivity contribution in [1.29, 1.82) is 0 Å². The molecule has 10 heteroatoms. The summed E-state index contributed by atoms with van der Waals surface area (Å²) in [5.74, 6) is -2.48. The van der Waals surface area contributed by atoms with Crippen molar-refractivity contribution in [2.45, 2.75) is 19.5 Å². The van der Waals surface area contributed by atoms with E-state index < -0.39 is 29.3 Å². The zero-order valence-corrected chi connectivity index (χ0v) is 13.7. The Morgan fingerprint density at radius 3 is 2.84 bits per heavy atom. The summed E-state index contributed by atoms with van der Waals surface area (Å²) in [5, 5.41) is 6.69. The van der Waals surface area contributed by atoms with Crippen molar-refractivity contribution in [2.24, 2.45) is 0 Å². The first-order valence-corrected chi connectivity index (χ1v) is 7.58. The van der Waals surface area contributed by atoms with Crippen molar-refractivity contribution in [1.82, 2.24) is 24.5 Å². The summed E-state index contributed by atoms with van der Waals surface area (Å²) in [6, 6.07) is 2.78. The van der Waals surface area contributed by atoms with Gasteiger partial charge in [-0.15, -0.1) is 5.10 Å². The van der Waals surface area contributed by atoms with Gasteiger partial charge in [-0.3, -0.25) is 4.79 Å². The molecule has 0 saturated heterocycles. The predicted octanol–water partition coefficient (Wildman–Crippen LogP) is 1.70. The Labute approximate surface area is 144 Å². The number of hydrogen-bond donors (Lipinski definition) is 1. The van der Waals surface area contributed by atoms with Crippen LogP contribution in [0.25, 0.3) is 5.65 Å². The minimum absolute atomic E-state index is 0.116. The fourth-order valence-corrected chi connectivity index (χ4v) is 2.44. The molecule has 1 N–H and O–H groups in total. The highest BCUT2D eigenvalue weighted by molar-refractivity contribution is 6.29. The maximum Gasteiger partial charge on any atom is 0.350 e. The highest BCUT2D eigenvalue weighted by atomic mass is 35.5. The minimum Gasteiger partial charge on any atom is -0.348 e. The SMILES string of the molecule is C[C@H](NC(=O)Cn1nc2cnc(Cl)cn2c1=O)c1ccc(F)c(F)c1. The lowest BCUT2D eigenvalue weighted by molar-refractivity contribution is -0.122. The molecule has 0 bridgehead atoms. The summed E-state index contributed by atoms with van der Waals surface area (Å²) in [7, 11) is 0. The molecule has 0 radical (unpaired) electrons. The first-order valence-electron chi connectivity index (χ1n) is 7.20. The Hall–Kier alpha value is -2.81. The summed E-state index contributed by atoms with van der Waals surface area (Å²) >= 11 is 5.72. The Morgan fingerprint density at radius 2 is 2.12 bits per heavy atom. The average molecular weight is 368 g/mol. The van der Waals surface area contributed by atoms with Crippen LogP contribution in [0.4, 0.5) is 8.78 Å². The van der Waals surface area contributed by atoms with Crippen molar-refractivity contribution in [2.75, 3.05) is 0 Å². The zero-order valence-electron chi connectivity index (χ0n) is 12.9. The number of rotatable bonds is 4. The van der Waals surface area contributed by atoms with Gasteiger partial charge in [-0.1, -0.05) is 17.7 Å². The smallest absolute Gasteiger partial charge is 0.348 e. The molecule has 0 spiro atoms. The number of hydrogen-bond acceptors (Lipinski definition) is 4. The fourth-order valence-electron chi connectivity index (χ4n) is 2.30. The molecule has 1 aromatic carbocycles. The molecule has 7 nitrogen and oxygen atoms in total. The summed E-state index contributed by atoms with van der Waals surface area (Å²) < 4.78 is 28.4. The second-order valence-corrected chi connectivity index (χ2v) is 5.73. The van der Waals surface area contributed by atoms with Gasteiger partial charge >= 0.3 is 5.69 Å². The Kier molecular flexibility index (Phi) is 4.49. The molecule has 3 aromatic rings. The lowest BCUT2D eigenvalue weighted by Gasteiger charge is -2.14. The van der Waals surface area contributed by atoms with Gasteiger partial charge in [0.15, 0.2) is 17.3 Å². The van der Waals surface area contributed by atoms with Gasteiger partial charge in [0.05, 0.1) is 18.4 Å². The van der Waals surface area contributed by atoms with Crippen molar-refractivity contribution in [3.63, 3.8) is 0 Å². The van der Waals surface area contributed by atoms with Crippen LogP contribution in [-0.4, -0.2) is 25.1 Å². The number of fused-ring (bicyclic) bond motifs is 1. The Morgan fingerprint density at radius 1 is 1.36 bits per heavy atom. The van der Waals surface area contributed by atoms with E-state index in [0.29, 0.717) is 5.56 Å². The van der Waals surface area contributed by atoms with Gasteiger partial charge < -0.3 is 5.32 Å². The van der Waals surface area contributed by atoms with E-state index in [1.54, 1.807) is 6.92 Å². The molecule has 130 valence electrons. The van der Waals surface area contributed by atoms with Crippen LogP contribution in [0.3, 0.4) is 0 Å². The van der Waals surface area contributed by atoms with Crippen LogP contribution in [0.5, 0.6) is 0 Å². The number of nitrogens with zero attached hydrogens (tertiary/aromatic N) is 4. The summed E-state index contributed by atoms with van der Waals surface area (Å²) in [6.07, 6.45) is 2.60. The van der Waals surface area contributed by atoms with E-state index in [1.165, 1.54) is 22.9 Å². The third-order valence-corrected chi connectivity index (χ3v) is 3.75. The second-order valence-electron chi connectivity index (χ2n) is 5.34. The Bertz CT molecular complexity index is 1020. The number of amides is 1. The minimum atomic E-state index is -1.00. The van der Waals surface area contributed by atoms with E-state index in [0.717, 1.165) is 16.8 Å². The fraction of sp³-hybridized carbons (Fsp3) is 0.200. The molecule has 2 heterocycles. The molecular weight excluding hydrogens is 356 g/mol. The van der Waals surface area contributed by atoms with Crippen LogP contribution < -0.4 is 11.0 Å². The van der Waals surface area contributed by atoms with Crippen LogP contribution in [0.1, 0.15) is 18.5 Å². The van der Waals surface area contributed by atoms with Gasteiger partial charge in [-0.2, -0.15) is 0 Å². The first kappa shape index (κ1) is 17.0. The Balaban J connectivity index is 1.75. The molecule has 0 aliphatic rings. The summed E-state index contributed by atoms with van der Waals surface area (Å²) in [5.41, 5.74) is 0.0939. The molecule has 0 aliphatic carbocycles. The normalized spacial score (nSPS) is 12.3. The number of benzene rings is 1. The largest absolute Gasteiger partial charge is 0.350 e. The molecule has 3 rings (SSSR count). The third kappa shape index (κ3) is 3.50. The third-order valence-electron chi connectivity index (χ3n) is 3.55. The maximum atomic E-state index is 13.3. The van der Waals surface area contributed by atoms with Crippen molar-refractivity contribution in [3.8, 4) is 0 Å². The van der Waals surface area contributed by atoms with Crippen LogP contribution in [-0.2, 0) is 11.3 Å². The van der Waals surface area contributed by atoms with Gasteiger partial charge in [-0.05, 0) is 24.6 Å². The lowest BCUT2D eigenvalue weighted by Crippen LogP contribution is -2.34. The van der Waals surface area contributed by atoms with Gasteiger partial charge in [0.1, 0.15) is 11.7 Å². The highest BCUT2D eigenvalue weighted by Gasteiger charge is 2.15. The first-order chi connectivity index (χ1) is 11.8. The quantitative estimate of drug-likeness (QED) is 0.761. The van der Waals surface area contributed by atoms with Gasteiger partial charge in [0, 0.05) is 0 Å². The molecule has 0 saturated carbocycles. The van der Waals surface area contributed by atoms with Crippen molar-refractivity contribution >= 4 is 23.2 Å². The van der Waals surface area contributed by atoms with E-state index in [2.05, 4.69) is 15.4 Å². The van der Waals surface area contributed by atoms with E-state index in [4.69, 9.17) is 11.6 Å². The van der Waals surface area contributed by atoms with E-state index in [1.807, 2.05) is 0 Å². The number of halogens is 3. The highest BCUT2D eigenvalue weighted by Crippen LogP contribution is 2.15. The van der Waals surface area contributed by atoms with Crippen LogP contribution >= 0.6 is 11.6 Å². The molecular formula is C15H12ClF2N5O2. The number of carbonyl (C=O) groups excluding carboxylic acids is 1. The summed E-state index contributed by atoms with van der Waals surface area (Å²) in [6.45, 7) is 1.27. The predicted molar refractivity (Wildman–Crippen MR) is 85.2 cm³/mol. The monoisotopic (exact) mass is 367 g/mol. The average Bonchev–Trinajstić information content (AvgIpc) is 2.86. The molecule has 0 fully saturated rings. The van der Waals surface area contributed by atoms with E-state index in [-0.39, 0.29) is 17.3 Å². The van der Waals surface area contributed by atoms with Crippen LogP contribution in [0.2, 0.25) is 5.15 Å². The van der Waals surface area contributed by atoms with Gasteiger partial charge in [0.2, 0.25) is 5.91 Å². The molecule has 25 heavy (non-hydrogen) atoms. The molecule has 1 amide bonds. The maximum absolute atomic E-state index is 13.3. The molecule has 0 unspecified atom stereocenters. The van der Waals surface area contributed by atoms with E-state index >= 15 is 0 Å². The number of nitrogens with one attached hydrogen (secondary N) is 1. The van der Waals surface area contributed by atoms with Gasteiger partial charge in [-0.25, -0.2) is 27.6 Å². The van der Waals surface area contributed by atoms with Crippen molar-refractivity contribution < 1.29 is 13.6 Å².